The summed E-state index contributed by atoms with van der Waals surface area (Å²) in [5.41, 5.74) is 2.21. The van der Waals surface area contributed by atoms with Crippen LogP contribution in [-0.2, 0) is 21.4 Å². The first kappa shape index (κ1) is 20.4. The van der Waals surface area contributed by atoms with E-state index < -0.39 is 15.8 Å². The van der Waals surface area contributed by atoms with Crippen LogP contribution < -0.4 is 5.32 Å². The zero-order chi connectivity index (χ0) is 19.3. The Bertz CT molecular complexity index is 903. The number of carbonyl (C=O) groups excluding carboxylic acids is 1. The van der Waals surface area contributed by atoms with Crippen LogP contribution in [0.15, 0.2) is 42.5 Å². The Morgan fingerprint density at radius 1 is 1.23 bits per heavy atom. The second-order valence-electron chi connectivity index (χ2n) is 5.95. The molecule has 0 radical (unpaired) electrons. The van der Waals surface area contributed by atoms with Gasteiger partial charge in [0, 0.05) is 25.2 Å². The molecule has 1 amide bonds. The molecular formula is C18H20ClFN2O3S. The van der Waals surface area contributed by atoms with Crippen molar-refractivity contribution in [2.75, 3.05) is 18.1 Å². The smallest absolute Gasteiger partial charge is 0.225 e. The highest BCUT2D eigenvalue weighted by Crippen LogP contribution is 2.19. The number of sulfonamides is 1. The van der Waals surface area contributed by atoms with Gasteiger partial charge in [0.2, 0.25) is 15.9 Å². The maximum atomic E-state index is 13.1. The van der Waals surface area contributed by atoms with Gasteiger partial charge in [-0.15, -0.1) is 0 Å². The summed E-state index contributed by atoms with van der Waals surface area (Å²) in [5.74, 6) is -0.961. The van der Waals surface area contributed by atoms with E-state index in [0.29, 0.717) is 5.69 Å². The van der Waals surface area contributed by atoms with Crippen LogP contribution in [0.1, 0.15) is 17.5 Å². The summed E-state index contributed by atoms with van der Waals surface area (Å²) in [6, 6.07) is 11.3. The number of halogens is 2. The average molecular weight is 399 g/mol. The lowest BCUT2D eigenvalue weighted by atomic mass is 10.1. The Kier molecular flexibility index (Phi) is 6.75. The van der Waals surface area contributed by atoms with Gasteiger partial charge in [-0.2, -0.15) is 4.31 Å². The zero-order valence-corrected chi connectivity index (χ0v) is 16.1. The highest BCUT2D eigenvalue weighted by atomic mass is 35.5. The number of benzene rings is 2. The number of nitrogens with one attached hydrogen (secondary N) is 1. The van der Waals surface area contributed by atoms with Gasteiger partial charge in [0.25, 0.3) is 0 Å². The molecule has 2 aromatic rings. The Hall–Kier alpha value is -1.96. The quantitative estimate of drug-likeness (QED) is 0.775. The van der Waals surface area contributed by atoms with Gasteiger partial charge in [0.15, 0.2) is 0 Å². The first-order chi connectivity index (χ1) is 12.2. The van der Waals surface area contributed by atoms with E-state index in [2.05, 4.69) is 5.32 Å². The summed E-state index contributed by atoms with van der Waals surface area (Å²) in [6.45, 7) is 2.13. The second-order valence-corrected chi connectivity index (χ2v) is 8.34. The third kappa shape index (κ3) is 5.79. The van der Waals surface area contributed by atoms with E-state index >= 15 is 0 Å². The molecule has 1 N–H and O–H groups in total. The van der Waals surface area contributed by atoms with Crippen LogP contribution in [0.25, 0.3) is 0 Å². The van der Waals surface area contributed by atoms with Gasteiger partial charge >= 0.3 is 0 Å². The fourth-order valence-electron chi connectivity index (χ4n) is 2.36. The van der Waals surface area contributed by atoms with Crippen LogP contribution in [0.3, 0.4) is 0 Å². The lowest BCUT2D eigenvalue weighted by molar-refractivity contribution is -0.116. The second kappa shape index (κ2) is 8.62. The summed E-state index contributed by atoms with van der Waals surface area (Å²) in [7, 11) is -3.48. The molecule has 0 aromatic heterocycles. The van der Waals surface area contributed by atoms with Crippen molar-refractivity contribution >= 4 is 33.2 Å². The van der Waals surface area contributed by atoms with Gasteiger partial charge in [-0.1, -0.05) is 35.9 Å². The van der Waals surface area contributed by atoms with Crippen LogP contribution in [0.2, 0.25) is 5.02 Å². The minimum Gasteiger partial charge on any atom is -0.326 e. The number of anilines is 1. The molecule has 0 aliphatic carbocycles. The van der Waals surface area contributed by atoms with E-state index in [1.165, 1.54) is 16.4 Å². The molecule has 0 spiro atoms. The largest absolute Gasteiger partial charge is 0.326 e. The molecule has 26 heavy (non-hydrogen) atoms. The van der Waals surface area contributed by atoms with Crippen LogP contribution in [-0.4, -0.2) is 31.4 Å². The minimum absolute atomic E-state index is 0.0338. The van der Waals surface area contributed by atoms with Crippen molar-refractivity contribution in [2.24, 2.45) is 0 Å². The Balaban J connectivity index is 2.01. The van der Waals surface area contributed by atoms with Crippen molar-refractivity contribution in [3.63, 3.8) is 0 Å². The monoisotopic (exact) mass is 398 g/mol. The highest BCUT2D eigenvalue weighted by molar-refractivity contribution is 7.88. The first-order valence-electron chi connectivity index (χ1n) is 7.91. The van der Waals surface area contributed by atoms with Crippen molar-refractivity contribution in [3.8, 4) is 0 Å². The van der Waals surface area contributed by atoms with Crippen LogP contribution in [0.5, 0.6) is 0 Å². The van der Waals surface area contributed by atoms with Crippen molar-refractivity contribution in [2.45, 2.75) is 19.9 Å². The lowest BCUT2D eigenvalue weighted by Gasteiger charge is -2.20. The molecule has 0 saturated heterocycles. The van der Waals surface area contributed by atoms with Gasteiger partial charge < -0.3 is 5.32 Å². The number of aryl methyl sites for hydroxylation is 1. The summed E-state index contributed by atoms with van der Waals surface area (Å²) in [6.07, 6.45) is 1.08. The summed E-state index contributed by atoms with van der Waals surface area (Å²) >= 11 is 5.68. The van der Waals surface area contributed by atoms with Crippen molar-refractivity contribution in [1.82, 2.24) is 4.31 Å². The van der Waals surface area contributed by atoms with Gasteiger partial charge in [0.05, 0.1) is 11.3 Å². The van der Waals surface area contributed by atoms with Gasteiger partial charge in [-0.25, -0.2) is 12.8 Å². The van der Waals surface area contributed by atoms with E-state index in [9.17, 15) is 17.6 Å². The van der Waals surface area contributed by atoms with Crippen molar-refractivity contribution < 1.29 is 17.6 Å². The maximum absolute atomic E-state index is 13.1. The van der Waals surface area contributed by atoms with Gasteiger partial charge in [0.1, 0.15) is 5.82 Å². The number of hydrogen-bond acceptors (Lipinski definition) is 3. The molecule has 0 atom stereocenters. The summed E-state index contributed by atoms with van der Waals surface area (Å²) in [4.78, 5) is 12.1. The molecule has 2 rings (SSSR count). The number of carbonyl (C=O) groups is 1. The SMILES string of the molecule is Cc1ccccc1CN(CCC(=O)Nc1ccc(F)c(Cl)c1)S(C)(=O)=O. The molecule has 0 fully saturated rings. The van der Waals surface area contributed by atoms with E-state index in [1.54, 1.807) is 0 Å². The zero-order valence-electron chi connectivity index (χ0n) is 14.5. The van der Waals surface area contributed by atoms with Crippen molar-refractivity contribution in [1.29, 1.82) is 0 Å². The normalized spacial score (nSPS) is 11.6. The molecule has 5 nitrogen and oxygen atoms in total. The van der Waals surface area contributed by atoms with Crippen LogP contribution >= 0.6 is 11.6 Å². The highest BCUT2D eigenvalue weighted by Gasteiger charge is 2.19. The van der Waals surface area contributed by atoms with Crippen molar-refractivity contribution in [3.05, 3.63) is 64.4 Å². The average Bonchev–Trinajstić information content (AvgIpc) is 2.55. The topological polar surface area (TPSA) is 66.5 Å². The predicted octanol–water partition coefficient (Wildman–Crippen LogP) is 3.58. The Morgan fingerprint density at radius 2 is 1.92 bits per heavy atom. The summed E-state index contributed by atoms with van der Waals surface area (Å²) < 4.78 is 38.5. The molecule has 2 aromatic carbocycles. The van der Waals surface area contributed by atoms with E-state index in [4.69, 9.17) is 11.6 Å². The maximum Gasteiger partial charge on any atom is 0.225 e. The molecule has 0 unspecified atom stereocenters. The molecule has 0 aliphatic heterocycles. The fourth-order valence-corrected chi connectivity index (χ4v) is 3.34. The lowest BCUT2D eigenvalue weighted by Crippen LogP contribution is -2.32. The number of nitrogens with zero attached hydrogens (tertiary/aromatic N) is 1. The molecule has 140 valence electrons. The minimum atomic E-state index is -3.48. The van der Waals surface area contributed by atoms with Gasteiger partial charge in [-0.3, -0.25) is 4.79 Å². The molecular weight excluding hydrogens is 379 g/mol. The molecule has 0 saturated carbocycles. The number of rotatable bonds is 7. The third-order valence-corrected chi connectivity index (χ3v) is 5.41. The van der Waals surface area contributed by atoms with Crippen LogP contribution in [0, 0.1) is 12.7 Å². The fraction of sp³-hybridized carbons (Fsp3) is 0.278. The number of hydrogen-bond donors (Lipinski definition) is 1. The van der Waals surface area contributed by atoms with Crippen LogP contribution in [0.4, 0.5) is 10.1 Å². The van der Waals surface area contributed by atoms with E-state index in [-0.39, 0.29) is 30.4 Å². The van der Waals surface area contributed by atoms with E-state index in [0.717, 1.165) is 23.4 Å². The molecule has 8 heteroatoms. The number of amides is 1. The first-order valence-corrected chi connectivity index (χ1v) is 10.1. The molecule has 0 heterocycles. The molecule has 0 aliphatic rings. The predicted molar refractivity (Wildman–Crippen MR) is 101 cm³/mol. The standard InChI is InChI=1S/C18H20ClFN2O3S/c1-13-5-3-4-6-14(13)12-22(26(2,24)25)10-9-18(23)21-15-7-8-17(20)16(19)11-15/h3-8,11H,9-10,12H2,1-2H3,(H,21,23). The van der Waals surface area contributed by atoms with E-state index in [1.807, 2.05) is 31.2 Å². The molecule has 0 bridgehead atoms. The Labute approximate surface area is 157 Å². The Morgan fingerprint density at radius 3 is 2.54 bits per heavy atom. The summed E-state index contributed by atoms with van der Waals surface area (Å²) in [5, 5.41) is 2.48. The van der Waals surface area contributed by atoms with Gasteiger partial charge in [-0.05, 0) is 36.2 Å². The third-order valence-electron chi connectivity index (χ3n) is 3.87.